The van der Waals surface area contributed by atoms with E-state index in [-0.39, 0.29) is 0 Å². The lowest BCUT2D eigenvalue weighted by atomic mass is 10.0. The molecule has 3 heteroatoms. The number of ether oxygens (including phenoxy) is 2. The van der Waals surface area contributed by atoms with Crippen LogP contribution in [0.15, 0.2) is 12.1 Å². The van der Waals surface area contributed by atoms with Gasteiger partial charge in [-0.05, 0) is 18.6 Å². The SMILES string of the molecule is CC[N+]1=Cc2c(cc(OC)cc2OC)CC1. The van der Waals surface area contributed by atoms with Crippen LogP contribution in [0, 0.1) is 0 Å². The minimum atomic E-state index is 0.869. The second-order valence-electron chi connectivity index (χ2n) is 3.91. The van der Waals surface area contributed by atoms with Gasteiger partial charge in [-0.25, -0.2) is 4.58 Å². The fourth-order valence-corrected chi connectivity index (χ4v) is 2.06. The largest absolute Gasteiger partial charge is 0.497 e. The monoisotopic (exact) mass is 220 g/mol. The number of methoxy groups -OCH3 is 2. The van der Waals surface area contributed by atoms with Crippen LogP contribution < -0.4 is 9.47 Å². The van der Waals surface area contributed by atoms with Gasteiger partial charge in [0.05, 0.1) is 19.8 Å². The Morgan fingerprint density at radius 3 is 2.69 bits per heavy atom. The molecule has 0 N–H and O–H groups in total. The van der Waals surface area contributed by atoms with E-state index in [1.807, 2.05) is 6.07 Å². The van der Waals surface area contributed by atoms with Gasteiger partial charge in [0.25, 0.3) is 0 Å². The molecule has 0 radical (unpaired) electrons. The second kappa shape index (κ2) is 4.56. The number of nitrogens with zero attached hydrogens (tertiary/aromatic N) is 1. The number of rotatable bonds is 3. The lowest BCUT2D eigenvalue weighted by Gasteiger charge is -2.15. The molecule has 86 valence electrons. The molecule has 0 aromatic heterocycles. The Morgan fingerprint density at radius 1 is 1.25 bits per heavy atom. The van der Waals surface area contributed by atoms with Gasteiger partial charge in [-0.15, -0.1) is 0 Å². The summed E-state index contributed by atoms with van der Waals surface area (Å²) in [5.41, 5.74) is 2.50. The van der Waals surface area contributed by atoms with E-state index >= 15 is 0 Å². The summed E-state index contributed by atoms with van der Waals surface area (Å²) in [7, 11) is 3.39. The Labute approximate surface area is 96.3 Å². The van der Waals surface area contributed by atoms with E-state index in [0.29, 0.717) is 0 Å². The number of benzene rings is 1. The molecule has 0 amide bonds. The normalized spacial score (nSPS) is 14.1. The van der Waals surface area contributed by atoms with Gasteiger partial charge in [0, 0.05) is 12.5 Å². The molecular formula is C13H18NO2+. The zero-order valence-electron chi connectivity index (χ0n) is 10.1. The van der Waals surface area contributed by atoms with Gasteiger partial charge in [0.15, 0.2) is 6.21 Å². The number of hydrogen-bond donors (Lipinski definition) is 0. The molecule has 0 atom stereocenters. The predicted octanol–water partition coefficient (Wildman–Crippen LogP) is 1.71. The van der Waals surface area contributed by atoms with Crippen LogP contribution in [-0.4, -0.2) is 38.1 Å². The Balaban J connectivity index is 2.51. The standard InChI is InChI=1S/C13H18NO2/c1-4-14-6-5-10-7-11(15-2)8-13(16-3)12(10)9-14/h7-9H,4-6H2,1-3H3/q+1. The van der Waals surface area contributed by atoms with Gasteiger partial charge in [0.1, 0.15) is 24.6 Å². The smallest absolute Gasteiger partial charge is 0.174 e. The van der Waals surface area contributed by atoms with Crippen molar-refractivity contribution in [1.82, 2.24) is 0 Å². The third-order valence-corrected chi connectivity index (χ3v) is 3.04. The molecular weight excluding hydrogens is 202 g/mol. The Hall–Kier alpha value is -1.51. The molecule has 1 aliphatic heterocycles. The van der Waals surface area contributed by atoms with Crippen LogP contribution in [-0.2, 0) is 6.42 Å². The van der Waals surface area contributed by atoms with Gasteiger partial charge in [-0.3, -0.25) is 0 Å². The van der Waals surface area contributed by atoms with Crippen molar-refractivity contribution in [2.45, 2.75) is 13.3 Å². The van der Waals surface area contributed by atoms with Crippen molar-refractivity contribution in [1.29, 1.82) is 0 Å². The highest BCUT2D eigenvalue weighted by molar-refractivity contribution is 5.83. The number of hydrogen-bond acceptors (Lipinski definition) is 2. The first-order valence-corrected chi connectivity index (χ1v) is 5.62. The Bertz CT molecular complexity index is 424. The maximum absolute atomic E-state index is 5.41. The second-order valence-corrected chi connectivity index (χ2v) is 3.91. The highest BCUT2D eigenvalue weighted by Gasteiger charge is 2.19. The molecule has 0 fully saturated rings. The Morgan fingerprint density at radius 2 is 2.06 bits per heavy atom. The average molecular weight is 220 g/mol. The summed E-state index contributed by atoms with van der Waals surface area (Å²) in [5.74, 6) is 1.77. The minimum Gasteiger partial charge on any atom is -0.497 e. The molecule has 0 bridgehead atoms. The molecule has 0 spiro atoms. The maximum Gasteiger partial charge on any atom is 0.174 e. The van der Waals surface area contributed by atoms with Gasteiger partial charge in [-0.1, -0.05) is 0 Å². The molecule has 16 heavy (non-hydrogen) atoms. The van der Waals surface area contributed by atoms with Crippen LogP contribution in [0.25, 0.3) is 0 Å². The molecule has 1 aromatic rings. The van der Waals surface area contributed by atoms with Crippen LogP contribution >= 0.6 is 0 Å². The molecule has 0 aliphatic carbocycles. The summed E-state index contributed by atoms with van der Waals surface area (Å²) in [4.78, 5) is 0. The topological polar surface area (TPSA) is 21.5 Å². The molecule has 0 unspecified atom stereocenters. The first kappa shape index (κ1) is 11.0. The minimum absolute atomic E-state index is 0.869. The van der Waals surface area contributed by atoms with Gasteiger partial charge >= 0.3 is 0 Å². The molecule has 0 saturated heterocycles. The zero-order chi connectivity index (χ0) is 11.5. The van der Waals surface area contributed by atoms with Gasteiger partial charge in [0.2, 0.25) is 0 Å². The molecule has 1 heterocycles. The van der Waals surface area contributed by atoms with Crippen molar-refractivity contribution in [3.8, 4) is 11.5 Å². The summed E-state index contributed by atoms with van der Waals surface area (Å²) in [5, 5.41) is 0. The van der Waals surface area contributed by atoms with Gasteiger partial charge in [-0.2, -0.15) is 0 Å². The molecule has 0 saturated carbocycles. The van der Waals surface area contributed by atoms with Crippen molar-refractivity contribution < 1.29 is 14.0 Å². The summed E-state index contributed by atoms with van der Waals surface area (Å²) in [6, 6.07) is 4.04. The zero-order valence-corrected chi connectivity index (χ0v) is 10.1. The van der Waals surface area contributed by atoms with E-state index in [4.69, 9.17) is 9.47 Å². The van der Waals surface area contributed by atoms with Crippen molar-refractivity contribution in [2.75, 3.05) is 27.3 Å². The predicted molar refractivity (Wildman–Crippen MR) is 64.1 cm³/mol. The van der Waals surface area contributed by atoms with Gasteiger partial charge < -0.3 is 9.47 Å². The van der Waals surface area contributed by atoms with Crippen LogP contribution in [0.5, 0.6) is 11.5 Å². The Kier molecular flexibility index (Phi) is 3.13. The summed E-state index contributed by atoms with van der Waals surface area (Å²) in [6.07, 6.45) is 3.23. The average Bonchev–Trinajstić information content (AvgIpc) is 2.36. The molecule has 1 aromatic carbocycles. The maximum atomic E-state index is 5.41. The third kappa shape index (κ3) is 1.90. The summed E-state index contributed by atoms with van der Waals surface area (Å²) in [6.45, 7) is 4.27. The molecule has 3 nitrogen and oxygen atoms in total. The summed E-state index contributed by atoms with van der Waals surface area (Å²) < 4.78 is 13.0. The lowest BCUT2D eigenvalue weighted by molar-refractivity contribution is -0.520. The fraction of sp³-hybridized carbons (Fsp3) is 0.462. The van der Waals surface area contributed by atoms with Crippen molar-refractivity contribution in [3.05, 3.63) is 23.3 Å². The fourth-order valence-electron chi connectivity index (χ4n) is 2.06. The van der Waals surface area contributed by atoms with Crippen LogP contribution in [0.4, 0.5) is 0 Å². The molecule has 1 aliphatic rings. The van der Waals surface area contributed by atoms with E-state index < -0.39 is 0 Å². The highest BCUT2D eigenvalue weighted by atomic mass is 16.5. The van der Waals surface area contributed by atoms with Crippen molar-refractivity contribution in [2.24, 2.45) is 0 Å². The molecule has 2 rings (SSSR count). The van der Waals surface area contributed by atoms with Crippen LogP contribution in [0.1, 0.15) is 18.1 Å². The first-order chi connectivity index (χ1) is 7.78. The van der Waals surface area contributed by atoms with E-state index in [0.717, 1.165) is 31.0 Å². The number of likely N-dealkylation sites (N-methyl/N-ethyl adjacent to an activating group) is 1. The first-order valence-electron chi connectivity index (χ1n) is 5.62. The summed E-state index contributed by atoms with van der Waals surface area (Å²) >= 11 is 0. The van der Waals surface area contributed by atoms with E-state index in [1.165, 1.54) is 11.1 Å². The number of fused-ring (bicyclic) bond motifs is 1. The quantitative estimate of drug-likeness (QED) is 0.723. The van der Waals surface area contributed by atoms with Crippen molar-refractivity contribution >= 4 is 6.21 Å². The highest BCUT2D eigenvalue weighted by Crippen LogP contribution is 2.29. The van der Waals surface area contributed by atoms with E-state index in [2.05, 4.69) is 23.8 Å². The third-order valence-electron chi connectivity index (χ3n) is 3.04. The van der Waals surface area contributed by atoms with E-state index in [9.17, 15) is 0 Å². The van der Waals surface area contributed by atoms with Crippen molar-refractivity contribution in [3.63, 3.8) is 0 Å². The van der Waals surface area contributed by atoms with Crippen LogP contribution in [0.3, 0.4) is 0 Å². The van der Waals surface area contributed by atoms with Crippen LogP contribution in [0.2, 0.25) is 0 Å². The lowest BCUT2D eigenvalue weighted by Crippen LogP contribution is -2.22. The van der Waals surface area contributed by atoms with E-state index in [1.54, 1.807) is 14.2 Å².